The number of aromatic nitrogens is 4. The van der Waals surface area contributed by atoms with Crippen molar-refractivity contribution in [2.24, 2.45) is 0 Å². The lowest BCUT2D eigenvalue weighted by molar-refractivity contribution is -0.0430. The summed E-state index contributed by atoms with van der Waals surface area (Å²) in [5, 5.41) is 10.2. The van der Waals surface area contributed by atoms with E-state index < -0.39 is 54.1 Å². The number of anilines is 1. The summed E-state index contributed by atoms with van der Waals surface area (Å²) in [6.07, 6.45) is -3.69. The molecule has 8 N–H and O–H groups in total. The Hall–Kier alpha value is -1.04. The van der Waals surface area contributed by atoms with Crippen molar-refractivity contribution in [3.8, 4) is 0 Å². The highest BCUT2D eigenvalue weighted by Crippen LogP contribution is 2.66. The lowest BCUT2D eigenvalue weighted by Crippen LogP contribution is -2.26. The standard InChI is InChI=1S/C10H15BrN5O13P3/c11-9-13-6-7(14-10(12)15-8(6)18)16(9)5-1-3(17)4(27-5)2-26-31(22,23)29-32(24,25)28-30(19,20)21/h3-5,17H,1-2H2,(H,22,23)(H,24,25)(H2,19,20,21)(H3,12,14,15,18)/t3-,4+,5+/m0/s1. The van der Waals surface area contributed by atoms with Crippen LogP contribution in [-0.4, -0.2) is 63.0 Å². The molecule has 0 spiro atoms. The van der Waals surface area contributed by atoms with Crippen LogP contribution in [0, 0.1) is 0 Å². The second kappa shape index (κ2) is 8.96. The minimum Gasteiger partial charge on any atom is -0.390 e. The molecule has 22 heteroatoms. The quantitative estimate of drug-likeness (QED) is 0.151. The molecule has 2 aromatic rings. The molecule has 1 aliphatic heterocycles. The van der Waals surface area contributed by atoms with Gasteiger partial charge in [0, 0.05) is 6.42 Å². The molecular formula is C10H15BrN5O13P3. The van der Waals surface area contributed by atoms with E-state index in [0.29, 0.717) is 0 Å². The summed E-state index contributed by atoms with van der Waals surface area (Å²) >= 11 is 3.13. The fourth-order valence-corrected chi connectivity index (χ4v) is 6.33. The maximum absolute atomic E-state index is 12.0. The minimum absolute atomic E-state index is 0.0175. The third-order valence-electron chi connectivity index (χ3n) is 3.84. The number of hydrogen-bond donors (Lipinski definition) is 7. The Balaban J connectivity index is 1.71. The van der Waals surface area contributed by atoms with Crippen LogP contribution in [0.4, 0.5) is 5.95 Å². The Labute approximate surface area is 184 Å². The molecule has 0 amide bonds. The van der Waals surface area contributed by atoms with Crippen molar-refractivity contribution in [1.82, 2.24) is 19.5 Å². The topological polar surface area (TPSA) is 279 Å². The lowest BCUT2D eigenvalue weighted by atomic mass is 10.2. The number of rotatable bonds is 8. The van der Waals surface area contributed by atoms with Crippen LogP contribution in [0.25, 0.3) is 11.2 Å². The van der Waals surface area contributed by atoms with Crippen molar-refractivity contribution in [2.45, 2.75) is 24.9 Å². The Morgan fingerprint density at radius 3 is 2.47 bits per heavy atom. The van der Waals surface area contributed by atoms with E-state index in [1.165, 1.54) is 4.57 Å². The third-order valence-corrected chi connectivity index (χ3v) is 8.20. The third kappa shape index (κ3) is 6.09. The van der Waals surface area contributed by atoms with Crippen LogP contribution in [0.3, 0.4) is 0 Å². The molecule has 0 aromatic carbocycles. The Bertz CT molecular complexity index is 1230. The average molecular weight is 586 g/mol. The Morgan fingerprint density at radius 2 is 1.84 bits per heavy atom. The van der Waals surface area contributed by atoms with Crippen LogP contribution in [0.2, 0.25) is 0 Å². The number of hydrogen-bond acceptors (Lipinski definition) is 12. The summed E-state index contributed by atoms with van der Waals surface area (Å²) < 4.78 is 52.4. The van der Waals surface area contributed by atoms with Gasteiger partial charge in [-0.3, -0.25) is 18.9 Å². The number of phosphoric ester groups is 1. The van der Waals surface area contributed by atoms with Crippen molar-refractivity contribution in [3.05, 3.63) is 15.1 Å². The maximum atomic E-state index is 12.0. The predicted octanol–water partition coefficient (Wildman–Crippen LogP) is -0.544. The van der Waals surface area contributed by atoms with Crippen LogP contribution in [-0.2, 0) is 31.6 Å². The first-order chi connectivity index (χ1) is 14.6. The molecular weight excluding hydrogens is 571 g/mol. The number of halogens is 1. The second-order valence-electron chi connectivity index (χ2n) is 6.19. The molecule has 1 saturated heterocycles. The molecule has 1 fully saturated rings. The number of aromatic amines is 1. The fourth-order valence-electron chi connectivity index (χ4n) is 2.72. The van der Waals surface area contributed by atoms with Crippen molar-refractivity contribution >= 4 is 56.5 Å². The summed E-state index contributed by atoms with van der Waals surface area (Å²) in [5.74, 6) is -0.209. The number of nitrogen functional groups attached to an aromatic ring is 1. The molecule has 18 nitrogen and oxygen atoms in total. The van der Waals surface area contributed by atoms with Gasteiger partial charge in [-0.15, -0.1) is 0 Å². The number of aliphatic hydroxyl groups is 1. The highest BCUT2D eigenvalue weighted by Gasteiger charge is 2.43. The van der Waals surface area contributed by atoms with E-state index in [1.54, 1.807) is 0 Å². The van der Waals surface area contributed by atoms with Gasteiger partial charge in [0.1, 0.15) is 12.3 Å². The van der Waals surface area contributed by atoms with Crippen molar-refractivity contribution in [2.75, 3.05) is 12.3 Å². The van der Waals surface area contributed by atoms with Crippen LogP contribution in [0.15, 0.2) is 9.53 Å². The summed E-state index contributed by atoms with van der Waals surface area (Å²) in [6.45, 7) is -0.859. The monoisotopic (exact) mass is 585 g/mol. The molecule has 0 aliphatic carbocycles. The molecule has 32 heavy (non-hydrogen) atoms. The van der Waals surface area contributed by atoms with Gasteiger partial charge in [-0.2, -0.15) is 13.6 Å². The molecule has 0 radical (unpaired) electrons. The number of nitrogens with two attached hydrogens (primary N) is 1. The summed E-state index contributed by atoms with van der Waals surface area (Å²) in [6, 6.07) is 0. The number of fused-ring (bicyclic) bond motifs is 1. The van der Waals surface area contributed by atoms with Crippen molar-refractivity contribution in [3.63, 3.8) is 0 Å². The molecule has 0 bridgehead atoms. The SMILES string of the molecule is Nc1nc2c(nc(Br)n2[C@H]2C[C@H](O)[C@@H](COP(=O)(O)OP(=O)(O)OP(=O)(O)O)O2)c(=O)[nH]1. The first kappa shape index (κ1) is 25.6. The zero-order valence-corrected chi connectivity index (χ0v) is 19.6. The van der Waals surface area contributed by atoms with Crippen molar-refractivity contribution in [1.29, 1.82) is 0 Å². The van der Waals surface area contributed by atoms with Gasteiger partial charge in [0.05, 0.1) is 12.7 Å². The Kier molecular flexibility index (Phi) is 7.16. The van der Waals surface area contributed by atoms with Crippen LogP contribution in [0.5, 0.6) is 0 Å². The van der Waals surface area contributed by atoms with E-state index in [0.717, 1.165) is 0 Å². The van der Waals surface area contributed by atoms with Crippen molar-refractivity contribution < 1.29 is 56.3 Å². The molecule has 3 rings (SSSR count). The molecule has 5 atom stereocenters. The maximum Gasteiger partial charge on any atom is 0.490 e. The normalized spacial score (nSPS) is 25.6. The van der Waals surface area contributed by atoms with Gasteiger partial charge >= 0.3 is 23.5 Å². The fraction of sp³-hybridized carbons (Fsp3) is 0.500. The molecule has 2 unspecified atom stereocenters. The van der Waals surface area contributed by atoms with E-state index in [-0.39, 0.29) is 28.3 Å². The number of imidazole rings is 1. The van der Waals surface area contributed by atoms with E-state index >= 15 is 0 Å². The average Bonchev–Trinajstić information content (AvgIpc) is 3.09. The van der Waals surface area contributed by atoms with Gasteiger partial charge in [-0.1, -0.05) is 0 Å². The number of aliphatic hydroxyl groups excluding tert-OH is 1. The molecule has 1 aliphatic rings. The molecule has 180 valence electrons. The highest BCUT2D eigenvalue weighted by atomic mass is 79.9. The zero-order chi connectivity index (χ0) is 24.1. The van der Waals surface area contributed by atoms with Crippen LogP contribution < -0.4 is 11.3 Å². The number of phosphoric acid groups is 3. The second-order valence-corrected chi connectivity index (χ2v) is 11.3. The van der Waals surface area contributed by atoms with Gasteiger partial charge in [-0.05, 0) is 15.9 Å². The van der Waals surface area contributed by atoms with E-state index in [2.05, 4.69) is 44.0 Å². The minimum atomic E-state index is -5.68. The largest absolute Gasteiger partial charge is 0.490 e. The molecule has 3 heterocycles. The van der Waals surface area contributed by atoms with E-state index in [1.807, 2.05) is 0 Å². The predicted molar refractivity (Wildman–Crippen MR) is 105 cm³/mol. The summed E-state index contributed by atoms with van der Waals surface area (Å²) in [7, 11) is -16.6. The van der Waals surface area contributed by atoms with Crippen LogP contribution >= 0.6 is 39.4 Å². The van der Waals surface area contributed by atoms with Gasteiger partial charge in [0.2, 0.25) is 5.95 Å². The number of nitrogens with zero attached hydrogens (tertiary/aromatic N) is 3. The highest BCUT2D eigenvalue weighted by molar-refractivity contribution is 9.10. The smallest absolute Gasteiger partial charge is 0.390 e. The zero-order valence-electron chi connectivity index (χ0n) is 15.3. The number of ether oxygens (including phenoxy) is 1. The van der Waals surface area contributed by atoms with Gasteiger partial charge in [0.25, 0.3) is 5.56 Å². The Morgan fingerprint density at radius 1 is 1.19 bits per heavy atom. The van der Waals surface area contributed by atoms with Gasteiger partial charge < -0.3 is 35.2 Å². The van der Waals surface area contributed by atoms with E-state index in [4.69, 9.17) is 25.2 Å². The molecule has 2 aromatic heterocycles. The summed E-state index contributed by atoms with van der Waals surface area (Å²) in [4.78, 5) is 57.8. The lowest BCUT2D eigenvalue weighted by Gasteiger charge is -2.19. The first-order valence-electron chi connectivity index (χ1n) is 8.12. The first-order valence-corrected chi connectivity index (χ1v) is 13.4. The van der Waals surface area contributed by atoms with Crippen LogP contribution in [0.1, 0.15) is 12.6 Å². The summed E-state index contributed by atoms with van der Waals surface area (Å²) in [5.41, 5.74) is 4.84. The number of H-pyrrole nitrogens is 1. The van der Waals surface area contributed by atoms with Gasteiger partial charge in [0.15, 0.2) is 15.9 Å². The van der Waals surface area contributed by atoms with E-state index in [9.17, 15) is 28.5 Å². The molecule has 0 saturated carbocycles. The number of nitrogens with one attached hydrogen (secondary N) is 1. The van der Waals surface area contributed by atoms with Gasteiger partial charge in [-0.25, -0.2) is 18.7 Å².